The highest BCUT2D eigenvalue weighted by atomic mass is 35.5. The van der Waals surface area contributed by atoms with Crippen LogP contribution in [-0.4, -0.2) is 33.0 Å². The van der Waals surface area contributed by atoms with Crippen LogP contribution in [0.25, 0.3) is 0 Å². The third-order valence-electron chi connectivity index (χ3n) is 4.02. The molecule has 0 aliphatic heterocycles. The van der Waals surface area contributed by atoms with Crippen LogP contribution in [0.3, 0.4) is 0 Å². The van der Waals surface area contributed by atoms with Gasteiger partial charge in [0.2, 0.25) is 0 Å². The molecule has 0 N–H and O–H groups in total. The number of hydrogen-bond acceptors (Lipinski definition) is 5. The molecular formula is C20H21ClO5S. The Bertz CT molecular complexity index is 933. The number of unbranched alkanes of at least 4 members (excludes halogenated alkanes) is 1. The molecule has 7 heteroatoms. The first-order chi connectivity index (χ1) is 12.7. The van der Waals surface area contributed by atoms with E-state index in [2.05, 4.69) is 6.92 Å². The highest BCUT2D eigenvalue weighted by molar-refractivity contribution is 7.90. The van der Waals surface area contributed by atoms with E-state index in [0.717, 1.165) is 37.1 Å². The normalized spacial score (nSPS) is 11.2. The summed E-state index contributed by atoms with van der Waals surface area (Å²) in [4.78, 5) is 24.4. The Labute approximate surface area is 164 Å². The topological polar surface area (TPSA) is 77.5 Å². The number of hydrogen-bond donors (Lipinski definition) is 0. The summed E-state index contributed by atoms with van der Waals surface area (Å²) in [6.45, 7) is 1.66. The number of aryl methyl sites for hydroxylation is 1. The molecule has 0 heterocycles. The van der Waals surface area contributed by atoms with E-state index in [9.17, 15) is 18.0 Å². The van der Waals surface area contributed by atoms with E-state index < -0.39 is 22.4 Å². The number of Topliss-reactive ketones (excluding diaryl/α,β-unsaturated/α-hetero) is 1. The summed E-state index contributed by atoms with van der Waals surface area (Å²) < 4.78 is 28.2. The van der Waals surface area contributed by atoms with Crippen molar-refractivity contribution in [3.05, 3.63) is 64.2 Å². The molecule has 0 spiro atoms. The maximum atomic E-state index is 12.2. The van der Waals surface area contributed by atoms with Gasteiger partial charge in [0.05, 0.1) is 15.5 Å². The van der Waals surface area contributed by atoms with Crippen LogP contribution in [-0.2, 0) is 21.0 Å². The summed E-state index contributed by atoms with van der Waals surface area (Å²) in [5.41, 5.74) is 1.50. The second-order valence-corrected chi connectivity index (χ2v) is 8.64. The van der Waals surface area contributed by atoms with Crippen LogP contribution in [0.15, 0.2) is 47.4 Å². The van der Waals surface area contributed by atoms with E-state index in [1.54, 1.807) is 12.1 Å². The molecule has 2 aromatic rings. The average Bonchev–Trinajstić information content (AvgIpc) is 2.64. The van der Waals surface area contributed by atoms with Crippen LogP contribution in [0.2, 0.25) is 5.02 Å². The van der Waals surface area contributed by atoms with Crippen molar-refractivity contribution in [1.82, 2.24) is 0 Å². The maximum absolute atomic E-state index is 12.2. The Kier molecular flexibility index (Phi) is 7.16. The number of ether oxygens (including phenoxy) is 1. The number of benzene rings is 2. The molecule has 0 atom stereocenters. The molecular weight excluding hydrogens is 388 g/mol. The molecule has 0 unspecified atom stereocenters. The third kappa shape index (κ3) is 5.91. The summed E-state index contributed by atoms with van der Waals surface area (Å²) in [6, 6.07) is 10.9. The molecule has 0 aliphatic carbocycles. The van der Waals surface area contributed by atoms with Gasteiger partial charge in [-0.15, -0.1) is 0 Å². The molecule has 0 fully saturated rings. The Balaban J connectivity index is 2.04. The molecule has 2 rings (SSSR count). The number of rotatable bonds is 8. The largest absolute Gasteiger partial charge is 0.454 e. The SMILES string of the molecule is CCCCc1ccc(C(=O)COC(=O)c2cc(S(C)(=O)=O)ccc2Cl)cc1. The first-order valence-corrected chi connectivity index (χ1v) is 10.8. The highest BCUT2D eigenvalue weighted by Gasteiger charge is 2.18. The van der Waals surface area contributed by atoms with Gasteiger partial charge in [0.15, 0.2) is 22.2 Å². The summed E-state index contributed by atoms with van der Waals surface area (Å²) >= 11 is 5.95. The van der Waals surface area contributed by atoms with E-state index in [-0.39, 0.29) is 21.3 Å². The van der Waals surface area contributed by atoms with E-state index in [0.29, 0.717) is 5.56 Å². The molecule has 0 saturated heterocycles. The van der Waals surface area contributed by atoms with Crippen LogP contribution in [0.5, 0.6) is 0 Å². The lowest BCUT2D eigenvalue weighted by Crippen LogP contribution is -2.15. The summed E-state index contributed by atoms with van der Waals surface area (Å²) in [6.07, 6.45) is 4.16. The number of carbonyl (C=O) groups is 2. The molecule has 0 saturated carbocycles. The molecule has 0 amide bonds. The first-order valence-electron chi connectivity index (χ1n) is 8.51. The summed E-state index contributed by atoms with van der Waals surface area (Å²) in [5.74, 6) is -1.20. The van der Waals surface area contributed by atoms with E-state index in [4.69, 9.17) is 16.3 Å². The summed E-state index contributed by atoms with van der Waals surface area (Å²) in [5, 5.41) is 0.0557. The smallest absolute Gasteiger partial charge is 0.340 e. The van der Waals surface area contributed by atoms with Gasteiger partial charge in [-0.2, -0.15) is 0 Å². The molecule has 0 aromatic heterocycles. The molecule has 2 aromatic carbocycles. The quantitative estimate of drug-likeness (QED) is 0.485. The molecule has 0 radical (unpaired) electrons. The molecule has 0 bridgehead atoms. The Morgan fingerprint density at radius 2 is 1.74 bits per heavy atom. The van der Waals surface area contributed by atoms with Gasteiger partial charge in [0.1, 0.15) is 0 Å². The van der Waals surface area contributed by atoms with E-state index in [1.165, 1.54) is 12.1 Å². The Hall–Kier alpha value is -2.18. The van der Waals surface area contributed by atoms with Crippen molar-refractivity contribution in [2.24, 2.45) is 0 Å². The van der Waals surface area contributed by atoms with Crippen LogP contribution in [0, 0.1) is 0 Å². The van der Waals surface area contributed by atoms with Gasteiger partial charge >= 0.3 is 5.97 Å². The van der Waals surface area contributed by atoms with Crippen LogP contribution >= 0.6 is 11.6 Å². The predicted molar refractivity (Wildman–Crippen MR) is 104 cm³/mol. The fourth-order valence-corrected chi connectivity index (χ4v) is 3.26. The minimum atomic E-state index is -3.49. The van der Waals surface area contributed by atoms with Crippen molar-refractivity contribution in [3.63, 3.8) is 0 Å². The number of halogens is 1. The third-order valence-corrected chi connectivity index (χ3v) is 5.45. The van der Waals surface area contributed by atoms with E-state index in [1.807, 2.05) is 12.1 Å². The predicted octanol–water partition coefficient (Wildman–Crippen LogP) is 4.13. The minimum absolute atomic E-state index is 0.0483. The average molecular weight is 409 g/mol. The van der Waals surface area contributed by atoms with Gasteiger partial charge in [-0.3, -0.25) is 4.79 Å². The zero-order valence-corrected chi connectivity index (χ0v) is 16.8. The Morgan fingerprint density at radius 3 is 2.33 bits per heavy atom. The van der Waals surface area contributed by atoms with Gasteiger partial charge < -0.3 is 4.74 Å². The van der Waals surface area contributed by atoms with Crippen LogP contribution < -0.4 is 0 Å². The monoisotopic (exact) mass is 408 g/mol. The maximum Gasteiger partial charge on any atom is 0.340 e. The van der Waals surface area contributed by atoms with Crippen LogP contribution in [0.4, 0.5) is 0 Å². The van der Waals surface area contributed by atoms with Crippen molar-refractivity contribution >= 4 is 33.2 Å². The molecule has 27 heavy (non-hydrogen) atoms. The summed E-state index contributed by atoms with van der Waals surface area (Å²) in [7, 11) is -3.49. The van der Waals surface area contributed by atoms with Crippen molar-refractivity contribution in [1.29, 1.82) is 0 Å². The van der Waals surface area contributed by atoms with Crippen LogP contribution in [0.1, 0.15) is 46.0 Å². The molecule has 0 aliphatic rings. The molecule has 144 valence electrons. The fourth-order valence-electron chi connectivity index (χ4n) is 2.42. The van der Waals surface area contributed by atoms with Crippen molar-refractivity contribution in [2.75, 3.05) is 12.9 Å². The number of sulfone groups is 1. The lowest BCUT2D eigenvalue weighted by atomic mass is 10.0. The second-order valence-electron chi connectivity index (χ2n) is 6.21. The number of ketones is 1. The standard InChI is InChI=1S/C20H21ClO5S/c1-3-4-5-14-6-8-15(9-7-14)19(22)13-26-20(23)17-12-16(27(2,24)25)10-11-18(17)21/h6-12H,3-5,13H2,1-2H3. The molecule has 5 nitrogen and oxygen atoms in total. The van der Waals surface area contributed by atoms with Gasteiger partial charge in [0, 0.05) is 11.8 Å². The second kappa shape index (κ2) is 9.15. The zero-order chi connectivity index (χ0) is 20.0. The van der Waals surface area contributed by atoms with Gasteiger partial charge in [-0.05, 0) is 36.6 Å². The van der Waals surface area contributed by atoms with Gasteiger partial charge in [-0.1, -0.05) is 49.2 Å². The Morgan fingerprint density at radius 1 is 1.07 bits per heavy atom. The fraction of sp³-hybridized carbons (Fsp3) is 0.300. The van der Waals surface area contributed by atoms with Crippen molar-refractivity contribution in [3.8, 4) is 0 Å². The first kappa shape index (κ1) is 21.1. The minimum Gasteiger partial charge on any atom is -0.454 e. The lowest BCUT2D eigenvalue weighted by Gasteiger charge is -2.08. The lowest BCUT2D eigenvalue weighted by molar-refractivity contribution is 0.0474. The van der Waals surface area contributed by atoms with E-state index >= 15 is 0 Å². The van der Waals surface area contributed by atoms with Crippen molar-refractivity contribution in [2.45, 2.75) is 31.1 Å². The van der Waals surface area contributed by atoms with Crippen molar-refractivity contribution < 1.29 is 22.7 Å². The van der Waals surface area contributed by atoms with Gasteiger partial charge in [0.25, 0.3) is 0 Å². The van der Waals surface area contributed by atoms with Gasteiger partial charge in [-0.25, -0.2) is 13.2 Å². The number of esters is 1. The zero-order valence-electron chi connectivity index (χ0n) is 15.2. The number of carbonyl (C=O) groups excluding carboxylic acids is 2. The highest BCUT2D eigenvalue weighted by Crippen LogP contribution is 2.21.